The molecule has 1 heterocycles. The number of rotatable bonds is 3. The Bertz CT molecular complexity index is 563. The van der Waals surface area contributed by atoms with Crippen LogP contribution in [0.3, 0.4) is 0 Å². The van der Waals surface area contributed by atoms with Gasteiger partial charge in [0.1, 0.15) is 17.1 Å². The zero-order chi connectivity index (χ0) is 18.0. The molecule has 0 unspecified atom stereocenters. The maximum atomic E-state index is 12.1. The Morgan fingerprint density at radius 3 is 2.00 bits per heavy atom. The Morgan fingerprint density at radius 1 is 1.08 bits per heavy atom. The lowest BCUT2D eigenvalue weighted by molar-refractivity contribution is -0.0358. The SMILES string of the molecule is COc1cc(OC)cc(C2(O)CCN(C(=O)OC(C)(C)C)CC2)c1. The average Bonchev–Trinajstić information content (AvgIpc) is 2.53. The largest absolute Gasteiger partial charge is 0.497 e. The van der Waals surface area contributed by atoms with Crippen molar-refractivity contribution in [1.82, 2.24) is 4.90 Å². The normalized spacial score (nSPS) is 17.3. The molecule has 1 amide bonds. The van der Waals surface area contributed by atoms with E-state index in [9.17, 15) is 9.90 Å². The summed E-state index contributed by atoms with van der Waals surface area (Å²) in [4.78, 5) is 13.8. The van der Waals surface area contributed by atoms with Gasteiger partial charge < -0.3 is 24.2 Å². The minimum atomic E-state index is -1.01. The van der Waals surface area contributed by atoms with Crippen LogP contribution in [0.5, 0.6) is 11.5 Å². The summed E-state index contributed by atoms with van der Waals surface area (Å²) in [6.07, 6.45) is 0.526. The molecule has 2 rings (SSSR count). The second-order valence-electron chi connectivity index (χ2n) is 7.10. The smallest absolute Gasteiger partial charge is 0.410 e. The van der Waals surface area contributed by atoms with Gasteiger partial charge in [0.25, 0.3) is 0 Å². The maximum Gasteiger partial charge on any atom is 0.410 e. The molecule has 0 atom stereocenters. The number of piperidine rings is 1. The van der Waals surface area contributed by atoms with Crippen LogP contribution in [-0.4, -0.2) is 49.0 Å². The number of hydrogen-bond donors (Lipinski definition) is 1. The molecule has 134 valence electrons. The topological polar surface area (TPSA) is 68.2 Å². The summed E-state index contributed by atoms with van der Waals surface area (Å²) in [6.45, 7) is 6.39. The highest BCUT2D eigenvalue weighted by Crippen LogP contribution is 2.37. The van der Waals surface area contributed by atoms with Crippen molar-refractivity contribution < 1.29 is 24.1 Å². The second-order valence-corrected chi connectivity index (χ2v) is 7.10. The van der Waals surface area contributed by atoms with Gasteiger partial charge in [-0.15, -0.1) is 0 Å². The Balaban J connectivity index is 2.11. The number of ether oxygens (including phenoxy) is 3. The molecule has 1 aromatic carbocycles. The van der Waals surface area contributed by atoms with Crippen LogP contribution in [0, 0.1) is 0 Å². The molecule has 1 saturated heterocycles. The van der Waals surface area contributed by atoms with Crippen molar-refractivity contribution in [3.8, 4) is 11.5 Å². The number of carbonyl (C=O) groups excluding carboxylic acids is 1. The lowest BCUT2D eigenvalue weighted by Crippen LogP contribution is -2.46. The van der Waals surface area contributed by atoms with Gasteiger partial charge in [-0.3, -0.25) is 0 Å². The van der Waals surface area contributed by atoms with Crippen molar-refractivity contribution in [2.75, 3.05) is 27.3 Å². The van der Waals surface area contributed by atoms with E-state index in [-0.39, 0.29) is 6.09 Å². The van der Waals surface area contributed by atoms with Gasteiger partial charge in [-0.2, -0.15) is 0 Å². The molecule has 1 N–H and O–H groups in total. The van der Waals surface area contributed by atoms with Crippen molar-refractivity contribution in [3.63, 3.8) is 0 Å². The first-order valence-electron chi connectivity index (χ1n) is 8.11. The Kier molecular flexibility index (Phi) is 5.28. The minimum absolute atomic E-state index is 0.340. The second kappa shape index (κ2) is 6.89. The van der Waals surface area contributed by atoms with Crippen LogP contribution in [0.2, 0.25) is 0 Å². The molecule has 1 aromatic rings. The van der Waals surface area contributed by atoms with Crippen molar-refractivity contribution in [2.24, 2.45) is 0 Å². The predicted molar refractivity (Wildman–Crippen MR) is 90.5 cm³/mol. The summed E-state index contributed by atoms with van der Waals surface area (Å²) in [5.41, 5.74) is -0.798. The third-order valence-corrected chi connectivity index (χ3v) is 4.13. The highest BCUT2D eigenvalue weighted by Gasteiger charge is 2.37. The molecular formula is C18H27NO5. The summed E-state index contributed by atoms with van der Waals surface area (Å²) in [5, 5.41) is 11.0. The molecule has 1 aliphatic heterocycles. The Labute approximate surface area is 143 Å². The molecule has 6 nitrogen and oxygen atoms in total. The Morgan fingerprint density at radius 2 is 1.58 bits per heavy atom. The first-order chi connectivity index (χ1) is 11.2. The number of likely N-dealkylation sites (tertiary alicyclic amines) is 1. The van der Waals surface area contributed by atoms with Gasteiger partial charge in [-0.1, -0.05) is 0 Å². The number of amides is 1. The molecule has 0 saturated carbocycles. The quantitative estimate of drug-likeness (QED) is 0.918. The van der Waals surface area contributed by atoms with E-state index < -0.39 is 11.2 Å². The van der Waals surface area contributed by atoms with Gasteiger partial charge in [0.05, 0.1) is 19.8 Å². The number of benzene rings is 1. The monoisotopic (exact) mass is 337 g/mol. The van der Waals surface area contributed by atoms with Gasteiger partial charge in [0.2, 0.25) is 0 Å². The Hall–Kier alpha value is -1.95. The van der Waals surface area contributed by atoms with Crippen molar-refractivity contribution in [1.29, 1.82) is 0 Å². The number of methoxy groups -OCH3 is 2. The van der Waals surface area contributed by atoms with Crippen LogP contribution in [0.1, 0.15) is 39.2 Å². The van der Waals surface area contributed by atoms with E-state index in [0.29, 0.717) is 37.4 Å². The number of aliphatic hydroxyl groups is 1. The van der Waals surface area contributed by atoms with E-state index in [2.05, 4.69) is 0 Å². The molecule has 0 radical (unpaired) electrons. The summed E-state index contributed by atoms with van der Waals surface area (Å²) >= 11 is 0. The van der Waals surface area contributed by atoms with Crippen molar-refractivity contribution in [2.45, 2.75) is 44.8 Å². The molecule has 1 fully saturated rings. The summed E-state index contributed by atoms with van der Waals surface area (Å²) < 4.78 is 15.9. The van der Waals surface area contributed by atoms with E-state index in [4.69, 9.17) is 14.2 Å². The number of hydrogen-bond acceptors (Lipinski definition) is 5. The van der Waals surface area contributed by atoms with Gasteiger partial charge in [0, 0.05) is 19.2 Å². The van der Waals surface area contributed by atoms with Gasteiger partial charge in [0.15, 0.2) is 0 Å². The summed E-state index contributed by atoms with van der Waals surface area (Å²) in [6, 6.07) is 5.39. The molecule has 0 spiro atoms. The molecule has 24 heavy (non-hydrogen) atoms. The van der Waals surface area contributed by atoms with Crippen LogP contribution >= 0.6 is 0 Å². The maximum absolute atomic E-state index is 12.1. The van der Waals surface area contributed by atoms with Gasteiger partial charge in [-0.25, -0.2) is 4.79 Å². The lowest BCUT2D eigenvalue weighted by atomic mass is 9.84. The lowest BCUT2D eigenvalue weighted by Gasteiger charge is -2.39. The predicted octanol–water partition coefficient (Wildman–Crippen LogP) is 2.92. The fraction of sp³-hybridized carbons (Fsp3) is 0.611. The molecule has 0 aromatic heterocycles. The summed E-state index contributed by atoms with van der Waals surface area (Å²) in [5.74, 6) is 1.26. The number of nitrogens with zero attached hydrogens (tertiary/aromatic N) is 1. The van der Waals surface area contributed by atoms with E-state index in [1.165, 1.54) is 0 Å². The van der Waals surface area contributed by atoms with Crippen LogP contribution in [0.15, 0.2) is 18.2 Å². The highest BCUT2D eigenvalue weighted by atomic mass is 16.6. The highest BCUT2D eigenvalue weighted by molar-refractivity contribution is 5.68. The fourth-order valence-electron chi connectivity index (χ4n) is 2.75. The van der Waals surface area contributed by atoms with Gasteiger partial charge in [-0.05, 0) is 51.3 Å². The molecule has 0 aliphatic carbocycles. The van der Waals surface area contributed by atoms with E-state index in [0.717, 1.165) is 5.56 Å². The standard InChI is InChI=1S/C18H27NO5/c1-17(2,3)24-16(20)19-8-6-18(21,7-9-19)13-10-14(22-4)12-15(11-13)23-5/h10-12,21H,6-9H2,1-5H3. The van der Waals surface area contributed by atoms with Gasteiger partial charge >= 0.3 is 6.09 Å². The van der Waals surface area contributed by atoms with Crippen LogP contribution < -0.4 is 9.47 Å². The van der Waals surface area contributed by atoms with Crippen LogP contribution in [0.25, 0.3) is 0 Å². The zero-order valence-electron chi connectivity index (χ0n) is 15.1. The van der Waals surface area contributed by atoms with Crippen LogP contribution in [-0.2, 0) is 10.3 Å². The molecule has 6 heteroatoms. The van der Waals surface area contributed by atoms with Crippen molar-refractivity contribution in [3.05, 3.63) is 23.8 Å². The first-order valence-corrected chi connectivity index (χ1v) is 8.11. The number of carbonyl (C=O) groups is 1. The fourth-order valence-corrected chi connectivity index (χ4v) is 2.75. The van der Waals surface area contributed by atoms with E-state index >= 15 is 0 Å². The zero-order valence-corrected chi connectivity index (χ0v) is 15.1. The minimum Gasteiger partial charge on any atom is -0.497 e. The van der Waals surface area contributed by atoms with E-state index in [1.807, 2.05) is 32.9 Å². The van der Waals surface area contributed by atoms with Crippen molar-refractivity contribution >= 4 is 6.09 Å². The summed E-state index contributed by atoms with van der Waals surface area (Å²) in [7, 11) is 3.15. The van der Waals surface area contributed by atoms with E-state index in [1.54, 1.807) is 25.2 Å². The third kappa shape index (κ3) is 4.32. The molecular weight excluding hydrogens is 310 g/mol. The average molecular weight is 337 g/mol. The van der Waals surface area contributed by atoms with Crippen LogP contribution in [0.4, 0.5) is 4.79 Å². The third-order valence-electron chi connectivity index (χ3n) is 4.13. The first kappa shape index (κ1) is 18.4. The molecule has 0 bridgehead atoms. The molecule has 1 aliphatic rings.